The largest absolute Gasteiger partial charge is 0.422 e. The summed E-state index contributed by atoms with van der Waals surface area (Å²) in [7, 11) is 0. The second-order valence-electron chi connectivity index (χ2n) is 7.39. The minimum Gasteiger partial charge on any atom is -0.422 e. The summed E-state index contributed by atoms with van der Waals surface area (Å²) < 4.78 is 11.6. The van der Waals surface area contributed by atoms with Crippen LogP contribution in [-0.4, -0.2) is 43.2 Å². The molecule has 2 aromatic rings. The molecular formula is C24H27NO3. The highest BCUT2D eigenvalue weighted by molar-refractivity contribution is 5.93. The van der Waals surface area contributed by atoms with E-state index in [1.807, 2.05) is 48.5 Å². The number of nitrogens with zero attached hydrogens (tertiary/aromatic N) is 1. The summed E-state index contributed by atoms with van der Waals surface area (Å²) in [6.07, 6.45) is 4.42. The van der Waals surface area contributed by atoms with Crippen molar-refractivity contribution in [1.82, 2.24) is 4.90 Å². The number of rotatable bonds is 4. The Morgan fingerprint density at radius 1 is 0.893 bits per heavy atom. The van der Waals surface area contributed by atoms with Crippen molar-refractivity contribution in [3.8, 4) is 0 Å². The van der Waals surface area contributed by atoms with Crippen LogP contribution in [0.15, 0.2) is 66.2 Å². The maximum absolute atomic E-state index is 12.9. The fraction of sp³-hybridized carbons (Fsp3) is 0.375. The number of benzene rings is 2. The average molecular weight is 377 g/mol. The van der Waals surface area contributed by atoms with Gasteiger partial charge in [-0.2, -0.15) is 0 Å². The molecule has 0 unspecified atom stereocenters. The van der Waals surface area contributed by atoms with E-state index in [9.17, 15) is 4.79 Å². The molecule has 0 aromatic heterocycles. The van der Waals surface area contributed by atoms with Crippen molar-refractivity contribution in [1.29, 1.82) is 0 Å². The van der Waals surface area contributed by atoms with Crippen LogP contribution in [0.2, 0.25) is 0 Å². The molecule has 0 N–H and O–H groups in total. The van der Waals surface area contributed by atoms with Gasteiger partial charge in [-0.1, -0.05) is 55.0 Å². The van der Waals surface area contributed by atoms with E-state index >= 15 is 0 Å². The minimum atomic E-state index is -0.293. The molecule has 0 amide bonds. The van der Waals surface area contributed by atoms with E-state index in [2.05, 4.69) is 4.90 Å². The van der Waals surface area contributed by atoms with E-state index in [1.54, 1.807) is 12.1 Å². The van der Waals surface area contributed by atoms with E-state index < -0.39 is 0 Å². The summed E-state index contributed by atoms with van der Waals surface area (Å²) in [6.45, 7) is 3.41. The van der Waals surface area contributed by atoms with Crippen LogP contribution in [-0.2, 0) is 9.47 Å². The van der Waals surface area contributed by atoms with Crippen LogP contribution in [0.25, 0.3) is 5.76 Å². The van der Waals surface area contributed by atoms with Gasteiger partial charge in [0.1, 0.15) is 5.76 Å². The van der Waals surface area contributed by atoms with Crippen LogP contribution < -0.4 is 0 Å². The average Bonchev–Trinajstić information content (AvgIpc) is 2.79. The second-order valence-corrected chi connectivity index (χ2v) is 7.39. The molecular weight excluding hydrogens is 350 g/mol. The van der Waals surface area contributed by atoms with Gasteiger partial charge in [-0.15, -0.1) is 0 Å². The molecule has 2 aromatic carbocycles. The van der Waals surface area contributed by atoms with Gasteiger partial charge in [0, 0.05) is 24.7 Å². The van der Waals surface area contributed by atoms with Crippen molar-refractivity contribution in [2.24, 2.45) is 0 Å². The molecule has 4 heteroatoms. The number of carbonyl (C=O) groups excluding carboxylic acids is 1. The Morgan fingerprint density at radius 3 is 2.21 bits per heavy atom. The molecule has 0 spiro atoms. The van der Waals surface area contributed by atoms with Crippen molar-refractivity contribution < 1.29 is 14.3 Å². The van der Waals surface area contributed by atoms with E-state index in [0.29, 0.717) is 11.6 Å². The maximum atomic E-state index is 12.9. The molecule has 1 saturated carbocycles. The molecule has 1 aliphatic carbocycles. The quantitative estimate of drug-likeness (QED) is 0.580. The number of hydrogen-bond donors (Lipinski definition) is 0. The number of ether oxygens (including phenoxy) is 2. The first-order valence-electron chi connectivity index (χ1n) is 10.2. The summed E-state index contributed by atoms with van der Waals surface area (Å²) in [5.41, 5.74) is 2.81. The smallest absolute Gasteiger partial charge is 0.343 e. The van der Waals surface area contributed by atoms with Crippen LogP contribution in [0.4, 0.5) is 0 Å². The van der Waals surface area contributed by atoms with Crippen molar-refractivity contribution in [2.75, 3.05) is 26.3 Å². The first-order valence-corrected chi connectivity index (χ1v) is 10.2. The van der Waals surface area contributed by atoms with Gasteiger partial charge >= 0.3 is 5.97 Å². The Labute approximate surface area is 166 Å². The zero-order chi connectivity index (χ0) is 19.2. The third-order valence-electron chi connectivity index (χ3n) is 5.59. The van der Waals surface area contributed by atoms with Gasteiger partial charge < -0.3 is 9.47 Å². The molecule has 2 aliphatic rings. The highest BCUT2D eigenvalue weighted by atomic mass is 16.5. The lowest BCUT2D eigenvalue weighted by molar-refractivity contribution is 0.0186. The van der Waals surface area contributed by atoms with Crippen LogP contribution in [0.3, 0.4) is 0 Å². The highest BCUT2D eigenvalue weighted by Crippen LogP contribution is 2.35. The Morgan fingerprint density at radius 2 is 1.54 bits per heavy atom. The van der Waals surface area contributed by atoms with Crippen LogP contribution in [0.1, 0.15) is 41.6 Å². The first kappa shape index (κ1) is 18.9. The number of esters is 1. The number of carbonyl (C=O) groups is 1. The third-order valence-corrected chi connectivity index (χ3v) is 5.59. The fourth-order valence-electron chi connectivity index (χ4n) is 4.18. The van der Waals surface area contributed by atoms with E-state index in [4.69, 9.17) is 9.47 Å². The number of hydrogen-bond acceptors (Lipinski definition) is 4. The van der Waals surface area contributed by atoms with E-state index in [-0.39, 0.29) is 5.97 Å². The zero-order valence-corrected chi connectivity index (χ0v) is 16.2. The lowest BCUT2D eigenvalue weighted by Gasteiger charge is -2.39. The van der Waals surface area contributed by atoms with E-state index in [1.165, 1.54) is 12.0 Å². The molecule has 4 nitrogen and oxygen atoms in total. The lowest BCUT2D eigenvalue weighted by Crippen LogP contribution is -2.45. The summed E-state index contributed by atoms with van der Waals surface area (Å²) in [6, 6.07) is 19.6. The predicted octanol–water partition coefficient (Wildman–Crippen LogP) is 4.53. The Bertz CT molecular complexity index is 810. The Balaban J connectivity index is 1.71. The van der Waals surface area contributed by atoms with Gasteiger partial charge in [0.2, 0.25) is 0 Å². The van der Waals surface area contributed by atoms with Gasteiger partial charge in [0.05, 0.1) is 18.8 Å². The molecule has 28 heavy (non-hydrogen) atoms. The fourth-order valence-corrected chi connectivity index (χ4v) is 4.18. The van der Waals surface area contributed by atoms with Gasteiger partial charge in [0.25, 0.3) is 0 Å². The SMILES string of the molecule is O=C(O/C(=C1\CCCC[C@H]1N1CCOCC1)c1ccccc1)c1ccccc1. The molecule has 1 aliphatic heterocycles. The zero-order valence-electron chi connectivity index (χ0n) is 16.2. The van der Waals surface area contributed by atoms with Gasteiger partial charge in [-0.3, -0.25) is 4.90 Å². The Hall–Kier alpha value is -2.43. The van der Waals surface area contributed by atoms with Crippen LogP contribution in [0, 0.1) is 0 Å². The second kappa shape index (κ2) is 9.18. The predicted molar refractivity (Wildman–Crippen MR) is 110 cm³/mol. The molecule has 4 rings (SSSR count). The molecule has 1 heterocycles. The molecule has 2 fully saturated rings. The maximum Gasteiger partial charge on any atom is 0.343 e. The topological polar surface area (TPSA) is 38.8 Å². The van der Waals surface area contributed by atoms with Crippen molar-refractivity contribution in [3.05, 3.63) is 77.4 Å². The van der Waals surface area contributed by atoms with Crippen molar-refractivity contribution >= 4 is 11.7 Å². The van der Waals surface area contributed by atoms with Gasteiger partial charge in [-0.05, 0) is 37.0 Å². The molecule has 1 saturated heterocycles. The summed E-state index contributed by atoms with van der Waals surface area (Å²) >= 11 is 0. The monoisotopic (exact) mass is 377 g/mol. The standard InChI is InChI=1S/C24H27NO3/c26-24(20-11-5-2-6-12-20)28-23(19-9-3-1-4-10-19)21-13-7-8-14-22(21)25-15-17-27-18-16-25/h1-6,9-12,22H,7-8,13-18H2/b23-21+/t22-/m1/s1. The molecule has 0 radical (unpaired) electrons. The summed E-state index contributed by atoms with van der Waals surface area (Å²) in [4.78, 5) is 15.4. The normalized spacial score (nSPS) is 22.5. The minimum absolute atomic E-state index is 0.293. The third kappa shape index (κ3) is 4.34. The molecule has 1 atom stereocenters. The van der Waals surface area contributed by atoms with Gasteiger partial charge in [-0.25, -0.2) is 4.79 Å². The summed E-state index contributed by atoms with van der Waals surface area (Å²) in [5.74, 6) is 0.448. The Kier molecular flexibility index (Phi) is 6.20. The van der Waals surface area contributed by atoms with Crippen molar-refractivity contribution in [3.63, 3.8) is 0 Å². The molecule has 146 valence electrons. The lowest BCUT2D eigenvalue weighted by atomic mass is 9.86. The van der Waals surface area contributed by atoms with Crippen molar-refractivity contribution in [2.45, 2.75) is 31.7 Å². The van der Waals surface area contributed by atoms with Gasteiger partial charge in [0.15, 0.2) is 0 Å². The van der Waals surface area contributed by atoms with Crippen LogP contribution in [0.5, 0.6) is 0 Å². The summed E-state index contributed by atoms with van der Waals surface area (Å²) in [5, 5.41) is 0. The van der Waals surface area contributed by atoms with Crippen LogP contribution >= 0.6 is 0 Å². The number of morpholine rings is 1. The first-order chi connectivity index (χ1) is 13.8. The highest BCUT2D eigenvalue weighted by Gasteiger charge is 2.30. The van der Waals surface area contributed by atoms with E-state index in [0.717, 1.165) is 56.9 Å². The molecule has 0 bridgehead atoms.